The van der Waals surface area contributed by atoms with Gasteiger partial charge >= 0.3 is 6.01 Å². The van der Waals surface area contributed by atoms with E-state index in [-0.39, 0.29) is 17.8 Å². The Morgan fingerprint density at radius 3 is 2.72 bits per heavy atom. The molecule has 3 aromatic heterocycles. The molecule has 0 spiro atoms. The summed E-state index contributed by atoms with van der Waals surface area (Å²) < 4.78 is 11.2. The molecule has 0 aliphatic carbocycles. The largest absolute Gasteiger partial charge is 0.461 e. The standard InChI is InChI=1S/C27H30N6O3/c1-16(2)36-27-29-13-20(14-30-27)22-12-19-7-8-28-26(34)24(19)25(32-22)31-21-5-6-23(17(3)11-21)33-9-10-35-18(4)15-33/h5-8,11-14,16,18H,9-10,15H2,1-4H3,(H,28,34)(H,31,32)/t18-/m1/s1. The third-order valence-corrected chi connectivity index (χ3v) is 6.06. The maximum Gasteiger partial charge on any atom is 0.316 e. The molecular formula is C27H30N6O3. The molecular weight excluding hydrogens is 456 g/mol. The van der Waals surface area contributed by atoms with Crippen molar-refractivity contribution in [2.75, 3.05) is 29.9 Å². The molecule has 0 unspecified atom stereocenters. The first-order valence-electron chi connectivity index (χ1n) is 12.1. The number of rotatable bonds is 6. The smallest absolute Gasteiger partial charge is 0.316 e. The zero-order chi connectivity index (χ0) is 25.2. The second kappa shape index (κ2) is 9.94. The van der Waals surface area contributed by atoms with Crippen LogP contribution in [0.25, 0.3) is 22.0 Å². The van der Waals surface area contributed by atoms with Crippen LogP contribution in [0.5, 0.6) is 6.01 Å². The Kier molecular flexibility index (Phi) is 6.56. The fraction of sp³-hybridized carbons (Fsp3) is 0.333. The van der Waals surface area contributed by atoms with Crippen molar-refractivity contribution in [2.24, 2.45) is 0 Å². The molecule has 1 fully saturated rings. The first-order chi connectivity index (χ1) is 17.4. The summed E-state index contributed by atoms with van der Waals surface area (Å²) in [6.45, 7) is 10.5. The van der Waals surface area contributed by atoms with Gasteiger partial charge in [-0.15, -0.1) is 0 Å². The van der Waals surface area contributed by atoms with Crippen LogP contribution < -0.4 is 20.5 Å². The minimum Gasteiger partial charge on any atom is -0.461 e. The number of morpholine rings is 1. The van der Waals surface area contributed by atoms with Gasteiger partial charge in [-0.05, 0) is 69.0 Å². The van der Waals surface area contributed by atoms with E-state index in [0.717, 1.165) is 41.9 Å². The summed E-state index contributed by atoms with van der Waals surface area (Å²) >= 11 is 0. The Hall–Kier alpha value is -3.98. The predicted octanol–water partition coefficient (Wildman–Crippen LogP) is 4.44. The quantitative estimate of drug-likeness (QED) is 0.412. The minimum atomic E-state index is -0.207. The monoisotopic (exact) mass is 486 g/mol. The van der Waals surface area contributed by atoms with Crippen LogP contribution in [0.3, 0.4) is 0 Å². The molecule has 186 valence electrons. The zero-order valence-corrected chi connectivity index (χ0v) is 20.9. The molecule has 4 heterocycles. The van der Waals surface area contributed by atoms with Gasteiger partial charge in [0.05, 0.1) is 29.9 Å². The number of aromatic nitrogens is 4. The highest BCUT2D eigenvalue weighted by Crippen LogP contribution is 2.30. The van der Waals surface area contributed by atoms with Crippen LogP contribution >= 0.6 is 0 Å². The molecule has 1 saturated heterocycles. The van der Waals surface area contributed by atoms with Gasteiger partial charge in [-0.2, -0.15) is 0 Å². The Labute approximate surface area is 209 Å². The lowest BCUT2D eigenvalue weighted by molar-refractivity contribution is 0.0532. The van der Waals surface area contributed by atoms with E-state index >= 15 is 0 Å². The van der Waals surface area contributed by atoms with E-state index in [0.29, 0.717) is 22.9 Å². The van der Waals surface area contributed by atoms with Gasteiger partial charge in [0.25, 0.3) is 5.56 Å². The molecule has 9 nitrogen and oxygen atoms in total. The van der Waals surface area contributed by atoms with Crippen LogP contribution in [0.15, 0.2) is 53.7 Å². The summed E-state index contributed by atoms with van der Waals surface area (Å²) in [6, 6.07) is 10.2. The molecule has 5 rings (SSSR count). The van der Waals surface area contributed by atoms with Gasteiger partial charge in [0, 0.05) is 48.6 Å². The van der Waals surface area contributed by atoms with Gasteiger partial charge < -0.3 is 24.7 Å². The van der Waals surface area contributed by atoms with E-state index in [1.54, 1.807) is 18.6 Å². The van der Waals surface area contributed by atoms with Crippen molar-refractivity contribution >= 4 is 28.0 Å². The molecule has 36 heavy (non-hydrogen) atoms. The third kappa shape index (κ3) is 5.01. The van der Waals surface area contributed by atoms with Gasteiger partial charge in [-0.3, -0.25) is 4.79 Å². The second-order valence-corrected chi connectivity index (χ2v) is 9.30. The minimum absolute atomic E-state index is 0.0151. The SMILES string of the molecule is Cc1cc(Nc2nc(-c3cnc(OC(C)C)nc3)cc3cc[nH]c(=O)c23)ccc1N1CCO[C@H](C)C1. The maximum absolute atomic E-state index is 12.7. The molecule has 1 aliphatic rings. The normalized spacial score (nSPS) is 15.9. The molecule has 0 bridgehead atoms. The van der Waals surface area contributed by atoms with E-state index in [9.17, 15) is 4.79 Å². The van der Waals surface area contributed by atoms with Crippen LogP contribution in [-0.2, 0) is 4.74 Å². The zero-order valence-electron chi connectivity index (χ0n) is 20.9. The molecule has 0 radical (unpaired) electrons. The number of H-pyrrole nitrogens is 1. The number of anilines is 3. The Morgan fingerprint density at radius 1 is 1.19 bits per heavy atom. The molecule has 2 N–H and O–H groups in total. The molecule has 0 saturated carbocycles. The Balaban J connectivity index is 1.49. The van der Waals surface area contributed by atoms with Crippen molar-refractivity contribution in [1.82, 2.24) is 19.9 Å². The van der Waals surface area contributed by atoms with Crippen molar-refractivity contribution < 1.29 is 9.47 Å². The van der Waals surface area contributed by atoms with E-state index < -0.39 is 0 Å². The molecule has 0 amide bonds. The van der Waals surface area contributed by atoms with Gasteiger partial charge in [0.15, 0.2) is 0 Å². The lowest BCUT2D eigenvalue weighted by Crippen LogP contribution is -2.41. The van der Waals surface area contributed by atoms with E-state index in [1.165, 1.54) is 5.69 Å². The average Bonchev–Trinajstić information content (AvgIpc) is 2.84. The summed E-state index contributed by atoms with van der Waals surface area (Å²) in [5, 5.41) is 4.63. The Morgan fingerprint density at radius 2 is 2.00 bits per heavy atom. The van der Waals surface area contributed by atoms with Crippen LogP contribution in [-0.4, -0.2) is 51.8 Å². The van der Waals surface area contributed by atoms with E-state index in [4.69, 9.17) is 14.5 Å². The number of aromatic amines is 1. The average molecular weight is 487 g/mol. The van der Waals surface area contributed by atoms with E-state index in [2.05, 4.69) is 51.1 Å². The highest BCUT2D eigenvalue weighted by Gasteiger charge is 2.19. The van der Waals surface area contributed by atoms with E-state index in [1.807, 2.05) is 32.0 Å². The van der Waals surface area contributed by atoms with Crippen molar-refractivity contribution in [3.05, 3.63) is 64.8 Å². The lowest BCUT2D eigenvalue weighted by atomic mass is 10.1. The number of fused-ring (bicyclic) bond motifs is 1. The van der Waals surface area contributed by atoms with Crippen LogP contribution in [0.2, 0.25) is 0 Å². The second-order valence-electron chi connectivity index (χ2n) is 9.30. The maximum atomic E-state index is 12.7. The summed E-state index contributed by atoms with van der Waals surface area (Å²) in [6.07, 6.45) is 5.18. The van der Waals surface area contributed by atoms with Crippen molar-refractivity contribution in [3.8, 4) is 17.3 Å². The molecule has 9 heteroatoms. The molecule has 4 aromatic rings. The fourth-order valence-electron chi connectivity index (χ4n) is 4.43. The highest BCUT2D eigenvalue weighted by molar-refractivity contribution is 5.95. The van der Waals surface area contributed by atoms with Crippen molar-refractivity contribution in [3.63, 3.8) is 0 Å². The number of benzene rings is 1. The molecule has 1 atom stereocenters. The van der Waals surface area contributed by atoms with Crippen LogP contribution in [0.4, 0.5) is 17.2 Å². The van der Waals surface area contributed by atoms with Crippen molar-refractivity contribution in [1.29, 1.82) is 0 Å². The Bertz CT molecular complexity index is 1430. The molecule has 1 aliphatic heterocycles. The van der Waals surface area contributed by atoms with Crippen molar-refractivity contribution in [2.45, 2.75) is 39.9 Å². The summed E-state index contributed by atoms with van der Waals surface area (Å²) in [4.78, 5) is 31.2. The van der Waals surface area contributed by atoms with Gasteiger partial charge in [0.2, 0.25) is 0 Å². The molecule has 1 aromatic carbocycles. The third-order valence-electron chi connectivity index (χ3n) is 6.06. The predicted molar refractivity (Wildman–Crippen MR) is 141 cm³/mol. The first-order valence-corrected chi connectivity index (χ1v) is 12.1. The first kappa shape index (κ1) is 23.7. The van der Waals surface area contributed by atoms with Gasteiger partial charge in [-0.25, -0.2) is 15.0 Å². The number of nitrogens with zero attached hydrogens (tertiary/aromatic N) is 4. The summed E-state index contributed by atoms with van der Waals surface area (Å²) in [5.41, 5.74) is 4.34. The highest BCUT2D eigenvalue weighted by atomic mass is 16.5. The van der Waals surface area contributed by atoms with Gasteiger partial charge in [-0.1, -0.05) is 0 Å². The lowest BCUT2D eigenvalue weighted by Gasteiger charge is -2.34. The number of ether oxygens (including phenoxy) is 2. The fourth-order valence-corrected chi connectivity index (χ4v) is 4.43. The number of hydrogen-bond donors (Lipinski definition) is 2. The van der Waals surface area contributed by atoms with Gasteiger partial charge in [0.1, 0.15) is 5.82 Å². The summed E-state index contributed by atoms with van der Waals surface area (Å²) in [5.74, 6) is 0.471. The van der Waals surface area contributed by atoms with Crippen LogP contribution in [0, 0.1) is 6.92 Å². The number of aryl methyl sites for hydroxylation is 1. The number of pyridine rings is 2. The summed E-state index contributed by atoms with van der Waals surface area (Å²) in [7, 11) is 0. The number of nitrogens with one attached hydrogen (secondary N) is 2. The van der Waals surface area contributed by atoms with Crippen LogP contribution in [0.1, 0.15) is 26.3 Å². The number of hydrogen-bond acceptors (Lipinski definition) is 8. The topological polar surface area (TPSA) is 105 Å².